The number of aromatic carboxylic acids is 1. The summed E-state index contributed by atoms with van der Waals surface area (Å²) >= 11 is 3.35. The SMILES string of the molecule is N#Cc1ccc(Nc2cc(C(=O)O)ccc2N)c(Br)c1. The van der Waals surface area contributed by atoms with Gasteiger partial charge < -0.3 is 16.2 Å². The molecule has 0 aliphatic rings. The molecule has 0 spiro atoms. The molecule has 0 saturated heterocycles. The van der Waals surface area contributed by atoms with Crippen LogP contribution in [0.3, 0.4) is 0 Å². The number of nitrogens with zero attached hydrogens (tertiary/aromatic N) is 1. The van der Waals surface area contributed by atoms with Crippen molar-refractivity contribution in [1.29, 1.82) is 5.26 Å². The van der Waals surface area contributed by atoms with E-state index >= 15 is 0 Å². The molecule has 2 rings (SSSR count). The van der Waals surface area contributed by atoms with Gasteiger partial charge in [0.2, 0.25) is 0 Å². The molecule has 0 saturated carbocycles. The molecule has 0 aliphatic heterocycles. The lowest BCUT2D eigenvalue weighted by atomic mass is 10.1. The van der Waals surface area contributed by atoms with Gasteiger partial charge in [-0.2, -0.15) is 5.26 Å². The van der Waals surface area contributed by atoms with Crippen molar-refractivity contribution in [2.24, 2.45) is 0 Å². The first kappa shape index (κ1) is 13.9. The van der Waals surface area contributed by atoms with E-state index in [0.29, 0.717) is 27.1 Å². The van der Waals surface area contributed by atoms with Crippen LogP contribution >= 0.6 is 15.9 Å². The van der Waals surface area contributed by atoms with Crippen LogP contribution in [0.2, 0.25) is 0 Å². The highest BCUT2D eigenvalue weighted by Gasteiger charge is 2.08. The number of nitrogen functional groups attached to an aromatic ring is 1. The van der Waals surface area contributed by atoms with Gasteiger partial charge >= 0.3 is 5.97 Å². The summed E-state index contributed by atoms with van der Waals surface area (Å²) in [5.74, 6) is -1.02. The third kappa shape index (κ3) is 2.90. The van der Waals surface area contributed by atoms with Gasteiger partial charge in [-0.1, -0.05) is 0 Å². The Balaban J connectivity index is 2.37. The first-order valence-corrected chi connectivity index (χ1v) is 6.40. The maximum Gasteiger partial charge on any atom is 0.335 e. The van der Waals surface area contributed by atoms with E-state index in [1.807, 2.05) is 6.07 Å². The minimum absolute atomic E-state index is 0.145. The van der Waals surface area contributed by atoms with Crippen LogP contribution in [0, 0.1) is 11.3 Å². The molecule has 0 heterocycles. The Morgan fingerprint density at radius 3 is 2.60 bits per heavy atom. The number of carboxylic acid groups (broad SMARTS) is 1. The van der Waals surface area contributed by atoms with Crippen LogP contribution < -0.4 is 11.1 Å². The standard InChI is InChI=1S/C14H10BrN3O2/c15-10-5-8(7-16)1-4-12(10)18-13-6-9(14(19)20)2-3-11(13)17/h1-6,18H,17H2,(H,19,20). The third-order valence-electron chi connectivity index (χ3n) is 2.67. The smallest absolute Gasteiger partial charge is 0.335 e. The summed E-state index contributed by atoms with van der Waals surface area (Å²) in [6, 6.07) is 11.5. The van der Waals surface area contributed by atoms with Crippen molar-refractivity contribution < 1.29 is 9.90 Å². The predicted octanol–water partition coefficient (Wildman–Crippen LogP) is 3.34. The van der Waals surface area contributed by atoms with E-state index < -0.39 is 5.97 Å². The molecule has 5 nitrogen and oxygen atoms in total. The van der Waals surface area contributed by atoms with E-state index in [1.165, 1.54) is 18.2 Å². The zero-order chi connectivity index (χ0) is 14.7. The molecule has 2 aromatic rings. The largest absolute Gasteiger partial charge is 0.478 e. The lowest BCUT2D eigenvalue weighted by Crippen LogP contribution is -2.01. The second-order valence-corrected chi connectivity index (χ2v) is 4.89. The van der Waals surface area contributed by atoms with Crippen molar-refractivity contribution in [1.82, 2.24) is 0 Å². The van der Waals surface area contributed by atoms with Crippen molar-refractivity contribution in [2.45, 2.75) is 0 Å². The van der Waals surface area contributed by atoms with Crippen LogP contribution in [-0.2, 0) is 0 Å². The molecule has 0 aliphatic carbocycles. The van der Waals surface area contributed by atoms with Crippen LogP contribution in [0.25, 0.3) is 0 Å². The summed E-state index contributed by atoms with van der Waals surface area (Å²) in [6.07, 6.45) is 0. The van der Waals surface area contributed by atoms with E-state index in [4.69, 9.17) is 16.1 Å². The fourth-order valence-corrected chi connectivity index (χ4v) is 2.11. The van der Waals surface area contributed by atoms with Gasteiger partial charge in [0.15, 0.2) is 0 Å². The number of nitrogens with one attached hydrogen (secondary N) is 1. The van der Waals surface area contributed by atoms with E-state index in [0.717, 1.165) is 0 Å². The molecule has 0 aromatic heterocycles. The molecule has 0 radical (unpaired) electrons. The Hall–Kier alpha value is -2.52. The maximum absolute atomic E-state index is 11.0. The second kappa shape index (κ2) is 5.63. The maximum atomic E-state index is 11.0. The Kier molecular flexibility index (Phi) is 3.91. The average molecular weight is 332 g/mol. The van der Waals surface area contributed by atoms with Gasteiger partial charge in [0.1, 0.15) is 0 Å². The van der Waals surface area contributed by atoms with Gasteiger partial charge in [-0.05, 0) is 52.3 Å². The molecule has 100 valence electrons. The number of anilines is 3. The fourth-order valence-electron chi connectivity index (χ4n) is 1.63. The Bertz CT molecular complexity index is 723. The summed E-state index contributed by atoms with van der Waals surface area (Å²) in [5, 5.41) is 20.8. The van der Waals surface area contributed by atoms with Crippen LogP contribution in [-0.4, -0.2) is 11.1 Å². The van der Waals surface area contributed by atoms with Crippen molar-refractivity contribution in [3.05, 3.63) is 52.0 Å². The van der Waals surface area contributed by atoms with E-state index in [-0.39, 0.29) is 5.56 Å². The molecule has 0 atom stereocenters. The van der Waals surface area contributed by atoms with Crippen molar-refractivity contribution in [2.75, 3.05) is 11.1 Å². The van der Waals surface area contributed by atoms with Gasteiger partial charge in [0.05, 0.1) is 34.3 Å². The van der Waals surface area contributed by atoms with Crippen molar-refractivity contribution in [3.8, 4) is 6.07 Å². The van der Waals surface area contributed by atoms with Crippen molar-refractivity contribution in [3.63, 3.8) is 0 Å². The predicted molar refractivity (Wildman–Crippen MR) is 80.0 cm³/mol. The number of carboxylic acids is 1. The Morgan fingerprint density at radius 2 is 2.00 bits per heavy atom. The number of hydrogen-bond acceptors (Lipinski definition) is 4. The molecule has 4 N–H and O–H groups in total. The van der Waals surface area contributed by atoms with Gasteiger partial charge in [0, 0.05) is 4.47 Å². The number of nitriles is 1. The normalized spacial score (nSPS) is 9.80. The van der Waals surface area contributed by atoms with E-state index in [1.54, 1.807) is 18.2 Å². The van der Waals surface area contributed by atoms with Crippen molar-refractivity contribution >= 4 is 39.0 Å². The highest BCUT2D eigenvalue weighted by atomic mass is 79.9. The molecule has 0 amide bonds. The van der Waals surface area contributed by atoms with Gasteiger partial charge in [-0.25, -0.2) is 4.79 Å². The highest BCUT2D eigenvalue weighted by Crippen LogP contribution is 2.30. The molecular weight excluding hydrogens is 322 g/mol. The number of benzene rings is 2. The van der Waals surface area contributed by atoms with E-state index in [9.17, 15) is 4.79 Å². The fraction of sp³-hybridized carbons (Fsp3) is 0. The zero-order valence-corrected chi connectivity index (χ0v) is 11.8. The zero-order valence-electron chi connectivity index (χ0n) is 10.2. The Morgan fingerprint density at radius 1 is 1.25 bits per heavy atom. The monoisotopic (exact) mass is 331 g/mol. The second-order valence-electron chi connectivity index (χ2n) is 4.04. The minimum Gasteiger partial charge on any atom is -0.478 e. The summed E-state index contributed by atoms with van der Waals surface area (Å²) in [6.45, 7) is 0. The summed E-state index contributed by atoms with van der Waals surface area (Å²) in [4.78, 5) is 11.0. The van der Waals surface area contributed by atoms with Gasteiger partial charge in [-0.15, -0.1) is 0 Å². The number of halogens is 1. The molecule has 0 unspecified atom stereocenters. The number of rotatable bonds is 3. The van der Waals surface area contributed by atoms with Gasteiger partial charge in [-0.3, -0.25) is 0 Å². The van der Waals surface area contributed by atoms with Crippen LogP contribution in [0.1, 0.15) is 15.9 Å². The summed E-state index contributed by atoms with van der Waals surface area (Å²) < 4.78 is 0.691. The molecule has 2 aromatic carbocycles. The molecule has 20 heavy (non-hydrogen) atoms. The number of carbonyl (C=O) groups is 1. The topological polar surface area (TPSA) is 99.1 Å². The Labute approximate surface area is 123 Å². The number of hydrogen-bond donors (Lipinski definition) is 3. The molecule has 0 bridgehead atoms. The quantitative estimate of drug-likeness (QED) is 0.749. The van der Waals surface area contributed by atoms with Crippen LogP contribution in [0.15, 0.2) is 40.9 Å². The third-order valence-corrected chi connectivity index (χ3v) is 3.32. The minimum atomic E-state index is -1.02. The molecule has 6 heteroatoms. The highest BCUT2D eigenvalue weighted by molar-refractivity contribution is 9.10. The average Bonchev–Trinajstić information content (AvgIpc) is 2.42. The summed E-state index contributed by atoms with van der Waals surface area (Å²) in [5.41, 5.74) is 8.11. The molecular formula is C14H10BrN3O2. The van der Waals surface area contributed by atoms with Crippen LogP contribution in [0.4, 0.5) is 17.1 Å². The van der Waals surface area contributed by atoms with Crippen LogP contribution in [0.5, 0.6) is 0 Å². The lowest BCUT2D eigenvalue weighted by Gasteiger charge is -2.12. The number of nitrogens with two attached hydrogens (primary N) is 1. The summed E-state index contributed by atoms with van der Waals surface area (Å²) in [7, 11) is 0. The molecule has 0 fully saturated rings. The van der Waals surface area contributed by atoms with E-state index in [2.05, 4.69) is 21.2 Å². The first-order valence-electron chi connectivity index (χ1n) is 5.61. The van der Waals surface area contributed by atoms with Gasteiger partial charge in [0.25, 0.3) is 0 Å². The lowest BCUT2D eigenvalue weighted by molar-refractivity contribution is 0.0697. The first-order chi connectivity index (χ1) is 9.51.